The Balaban J connectivity index is 2.68. The molecule has 42 valence electrons. The molecule has 1 aliphatic heterocycles. The first-order valence-electron chi connectivity index (χ1n) is 2.43. The van der Waals surface area contributed by atoms with Gasteiger partial charge in [0.15, 0.2) is 0 Å². The molecule has 1 nitrogen and oxygen atoms in total. The molecule has 1 aliphatic rings. The SMILES string of the molecule is C=C1C=CNC(=S)C1. The standard InChI is InChI=1S/C6H7NS/c1-5-2-3-7-6(8)4-5/h2-3H,1,4H2,(H,7,8). The van der Waals surface area contributed by atoms with Crippen LogP contribution in [0.1, 0.15) is 6.42 Å². The lowest BCUT2D eigenvalue weighted by atomic mass is 10.2. The highest BCUT2D eigenvalue weighted by atomic mass is 32.1. The Labute approximate surface area is 54.1 Å². The Morgan fingerprint density at radius 1 is 1.75 bits per heavy atom. The lowest BCUT2D eigenvalue weighted by Gasteiger charge is -2.07. The van der Waals surface area contributed by atoms with Gasteiger partial charge in [-0.3, -0.25) is 0 Å². The van der Waals surface area contributed by atoms with Crippen LogP contribution in [0.25, 0.3) is 0 Å². The molecule has 8 heavy (non-hydrogen) atoms. The summed E-state index contributed by atoms with van der Waals surface area (Å²) >= 11 is 4.86. The van der Waals surface area contributed by atoms with Gasteiger partial charge in [-0.2, -0.15) is 0 Å². The Morgan fingerprint density at radius 2 is 2.50 bits per heavy atom. The first kappa shape index (κ1) is 5.51. The van der Waals surface area contributed by atoms with Crippen molar-refractivity contribution < 1.29 is 0 Å². The molecular weight excluding hydrogens is 118 g/mol. The van der Waals surface area contributed by atoms with Crippen molar-refractivity contribution in [3.63, 3.8) is 0 Å². The van der Waals surface area contributed by atoms with Crippen LogP contribution in [0.4, 0.5) is 0 Å². The van der Waals surface area contributed by atoms with Crippen LogP contribution in [-0.4, -0.2) is 4.99 Å². The third-order valence-electron chi connectivity index (χ3n) is 0.951. The van der Waals surface area contributed by atoms with E-state index < -0.39 is 0 Å². The molecule has 1 heterocycles. The lowest BCUT2D eigenvalue weighted by molar-refractivity contribution is 1.17. The Kier molecular flexibility index (Phi) is 1.44. The van der Waals surface area contributed by atoms with Gasteiger partial charge in [0.25, 0.3) is 0 Å². The second kappa shape index (κ2) is 2.09. The van der Waals surface area contributed by atoms with Gasteiger partial charge >= 0.3 is 0 Å². The molecule has 0 unspecified atom stereocenters. The van der Waals surface area contributed by atoms with Crippen LogP contribution >= 0.6 is 12.2 Å². The molecule has 0 radical (unpaired) electrons. The van der Waals surface area contributed by atoms with Crippen LogP contribution in [0.2, 0.25) is 0 Å². The van der Waals surface area contributed by atoms with Gasteiger partial charge in [-0.1, -0.05) is 18.8 Å². The fraction of sp³-hybridized carbons (Fsp3) is 0.167. The van der Waals surface area contributed by atoms with Crippen molar-refractivity contribution in [1.82, 2.24) is 5.32 Å². The Bertz CT molecular complexity index is 158. The molecule has 0 atom stereocenters. The second-order valence-corrected chi connectivity index (χ2v) is 2.23. The second-order valence-electron chi connectivity index (χ2n) is 1.74. The van der Waals surface area contributed by atoms with Crippen molar-refractivity contribution in [2.45, 2.75) is 6.42 Å². The molecule has 0 aromatic heterocycles. The topological polar surface area (TPSA) is 12.0 Å². The minimum atomic E-state index is 0.811. The zero-order valence-electron chi connectivity index (χ0n) is 4.48. The third-order valence-corrected chi connectivity index (χ3v) is 1.21. The van der Waals surface area contributed by atoms with Crippen LogP contribution in [0, 0.1) is 0 Å². The molecule has 1 N–H and O–H groups in total. The summed E-state index contributed by atoms with van der Waals surface area (Å²) in [5.74, 6) is 0. The number of nitrogens with one attached hydrogen (secondary N) is 1. The zero-order valence-corrected chi connectivity index (χ0v) is 5.29. The molecule has 0 aromatic carbocycles. The normalized spacial score (nSPS) is 18.5. The lowest BCUT2D eigenvalue weighted by Crippen LogP contribution is -2.17. The van der Waals surface area contributed by atoms with Crippen LogP contribution in [0.3, 0.4) is 0 Å². The van der Waals surface area contributed by atoms with E-state index in [9.17, 15) is 0 Å². The molecular formula is C6H7NS. The minimum Gasteiger partial charge on any atom is -0.356 e. The van der Waals surface area contributed by atoms with Gasteiger partial charge in [0.1, 0.15) is 0 Å². The number of allylic oxidation sites excluding steroid dienone is 1. The van der Waals surface area contributed by atoms with E-state index >= 15 is 0 Å². The summed E-state index contributed by atoms with van der Waals surface area (Å²) in [5.41, 5.74) is 1.08. The fourth-order valence-corrected chi connectivity index (χ4v) is 0.822. The predicted molar refractivity (Wildman–Crippen MR) is 38.6 cm³/mol. The van der Waals surface area contributed by atoms with Crippen molar-refractivity contribution >= 4 is 17.2 Å². The molecule has 0 fully saturated rings. The van der Waals surface area contributed by atoms with Crippen LogP contribution < -0.4 is 5.32 Å². The van der Waals surface area contributed by atoms with E-state index in [0.29, 0.717) is 0 Å². The summed E-state index contributed by atoms with van der Waals surface area (Å²) in [7, 11) is 0. The molecule has 0 aromatic rings. The monoisotopic (exact) mass is 125 g/mol. The Hall–Kier alpha value is -0.630. The summed E-state index contributed by atoms with van der Waals surface area (Å²) < 4.78 is 0. The maximum atomic E-state index is 4.86. The fourth-order valence-electron chi connectivity index (χ4n) is 0.569. The minimum absolute atomic E-state index is 0.811. The molecule has 0 saturated heterocycles. The van der Waals surface area contributed by atoms with E-state index in [2.05, 4.69) is 11.9 Å². The van der Waals surface area contributed by atoms with Gasteiger partial charge in [0.05, 0.1) is 4.99 Å². The van der Waals surface area contributed by atoms with Crippen molar-refractivity contribution in [3.05, 3.63) is 24.4 Å². The van der Waals surface area contributed by atoms with Gasteiger partial charge in [-0.25, -0.2) is 0 Å². The summed E-state index contributed by atoms with van der Waals surface area (Å²) in [6.45, 7) is 3.75. The smallest absolute Gasteiger partial charge is 0.0836 e. The number of thiocarbonyl (C=S) groups is 1. The van der Waals surface area contributed by atoms with Crippen molar-refractivity contribution in [3.8, 4) is 0 Å². The summed E-state index contributed by atoms with van der Waals surface area (Å²) in [5, 5.41) is 2.90. The van der Waals surface area contributed by atoms with Crippen LogP contribution in [-0.2, 0) is 0 Å². The highest BCUT2D eigenvalue weighted by Gasteiger charge is 1.98. The highest BCUT2D eigenvalue weighted by Crippen LogP contribution is 2.04. The van der Waals surface area contributed by atoms with E-state index in [0.717, 1.165) is 17.0 Å². The predicted octanol–water partition coefficient (Wildman–Crippen LogP) is 1.38. The van der Waals surface area contributed by atoms with Gasteiger partial charge in [-0.15, -0.1) is 0 Å². The summed E-state index contributed by atoms with van der Waals surface area (Å²) in [6.07, 6.45) is 4.55. The maximum Gasteiger partial charge on any atom is 0.0836 e. The molecule has 0 amide bonds. The average molecular weight is 125 g/mol. The maximum absolute atomic E-state index is 4.86. The number of hydrogen-bond donors (Lipinski definition) is 1. The largest absolute Gasteiger partial charge is 0.356 e. The molecule has 0 bridgehead atoms. The number of rotatable bonds is 0. The first-order valence-corrected chi connectivity index (χ1v) is 2.83. The average Bonchev–Trinajstić information content (AvgIpc) is 1.64. The van der Waals surface area contributed by atoms with Crippen molar-refractivity contribution in [2.75, 3.05) is 0 Å². The van der Waals surface area contributed by atoms with E-state index in [1.165, 1.54) is 0 Å². The number of hydrogen-bond acceptors (Lipinski definition) is 1. The van der Waals surface area contributed by atoms with Crippen molar-refractivity contribution in [2.24, 2.45) is 0 Å². The van der Waals surface area contributed by atoms with Gasteiger partial charge < -0.3 is 5.32 Å². The molecule has 0 spiro atoms. The van der Waals surface area contributed by atoms with Gasteiger partial charge in [-0.05, 0) is 11.6 Å². The summed E-state index contributed by atoms with van der Waals surface area (Å²) in [4.78, 5) is 0.859. The van der Waals surface area contributed by atoms with E-state index in [1.807, 2.05) is 12.3 Å². The van der Waals surface area contributed by atoms with E-state index in [-0.39, 0.29) is 0 Å². The van der Waals surface area contributed by atoms with Gasteiger partial charge in [0, 0.05) is 12.6 Å². The molecule has 2 heteroatoms. The Morgan fingerprint density at radius 3 is 2.88 bits per heavy atom. The van der Waals surface area contributed by atoms with E-state index in [1.54, 1.807) is 0 Å². The quantitative estimate of drug-likeness (QED) is 0.491. The van der Waals surface area contributed by atoms with E-state index in [4.69, 9.17) is 12.2 Å². The first-order chi connectivity index (χ1) is 3.79. The molecule has 0 aliphatic carbocycles. The van der Waals surface area contributed by atoms with Crippen LogP contribution in [0.15, 0.2) is 24.4 Å². The van der Waals surface area contributed by atoms with Crippen LogP contribution in [0.5, 0.6) is 0 Å². The molecule has 1 rings (SSSR count). The highest BCUT2D eigenvalue weighted by molar-refractivity contribution is 7.80. The zero-order chi connectivity index (χ0) is 5.98. The van der Waals surface area contributed by atoms with Gasteiger partial charge in [0.2, 0.25) is 0 Å². The summed E-state index contributed by atoms with van der Waals surface area (Å²) in [6, 6.07) is 0. The van der Waals surface area contributed by atoms with Crippen molar-refractivity contribution in [1.29, 1.82) is 0 Å². The third kappa shape index (κ3) is 1.17. The molecule has 0 saturated carbocycles.